The zero-order valence-corrected chi connectivity index (χ0v) is 24.8. The van der Waals surface area contributed by atoms with E-state index in [9.17, 15) is 5.26 Å². The van der Waals surface area contributed by atoms with E-state index in [0.717, 1.165) is 6.20 Å². The van der Waals surface area contributed by atoms with Crippen LogP contribution in [-0.2, 0) is 11.8 Å². The molecule has 0 aliphatic rings. The van der Waals surface area contributed by atoms with E-state index in [1.807, 2.05) is 26.8 Å². The van der Waals surface area contributed by atoms with Gasteiger partial charge in [0.2, 0.25) is 5.89 Å². The van der Waals surface area contributed by atoms with Crippen LogP contribution in [-0.4, -0.2) is 15.2 Å². The lowest BCUT2D eigenvalue weighted by atomic mass is 9.86. The molecule has 216 valence electrons. The second kappa shape index (κ2) is 10.2. The number of pyridine rings is 1. The summed E-state index contributed by atoms with van der Waals surface area (Å²) in [4.78, 5) is 4.50. The first-order valence-electron chi connectivity index (χ1n) is 18.3. The minimum atomic E-state index is -2.83. The van der Waals surface area contributed by atoms with Crippen LogP contribution in [0.2, 0.25) is 0 Å². The highest BCUT2D eigenvalue weighted by molar-refractivity contribution is 6.13. The summed E-state index contributed by atoms with van der Waals surface area (Å²) in [5.41, 5.74) is -0.350. The van der Waals surface area contributed by atoms with Gasteiger partial charge in [-0.15, -0.1) is 10.2 Å². The van der Waals surface area contributed by atoms with E-state index in [1.165, 1.54) is 18.2 Å². The van der Waals surface area contributed by atoms with E-state index in [0.29, 0.717) is 39.0 Å². The zero-order chi connectivity index (χ0) is 38.3. The molecule has 0 atom stereocenters. The normalized spacial score (nSPS) is 16.3. The predicted molar refractivity (Wildman–Crippen MR) is 172 cm³/mol. The minimum absolute atomic E-state index is 0.0000388. The Morgan fingerprint density at radius 2 is 1.67 bits per heavy atom. The third-order valence-corrected chi connectivity index (χ3v) is 6.98. The number of hydrogen-bond donors (Lipinski definition) is 0. The molecular formula is C37H36N4O2. The summed E-state index contributed by atoms with van der Waals surface area (Å²) in [6.07, 6.45) is -0.871. The van der Waals surface area contributed by atoms with E-state index >= 15 is 0 Å². The number of hydrogen-bond acceptors (Lipinski definition) is 6. The van der Waals surface area contributed by atoms with Crippen LogP contribution in [0.15, 0.2) is 69.6 Å². The molecule has 0 fully saturated rings. The molecule has 6 heteroatoms. The third-order valence-electron chi connectivity index (χ3n) is 6.98. The van der Waals surface area contributed by atoms with Crippen molar-refractivity contribution in [2.75, 3.05) is 0 Å². The second-order valence-corrected chi connectivity index (χ2v) is 12.6. The van der Waals surface area contributed by atoms with Gasteiger partial charge in [0.15, 0.2) is 0 Å². The van der Waals surface area contributed by atoms with Crippen LogP contribution in [0.1, 0.15) is 82.0 Å². The molecule has 3 aromatic carbocycles. The molecule has 3 heterocycles. The molecule has 0 saturated carbocycles. The highest BCUT2D eigenvalue weighted by Crippen LogP contribution is 2.42. The summed E-state index contributed by atoms with van der Waals surface area (Å²) in [5, 5.41) is 19.7. The number of aromatic nitrogens is 3. The first-order valence-corrected chi connectivity index (χ1v) is 13.8. The van der Waals surface area contributed by atoms with Crippen molar-refractivity contribution in [1.82, 2.24) is 15.2 Å². The molecule has 0 bridgehead atoms. The second-order valence-electron chi connectivity index (χ2n) is 12.6. The quantitative estimate of drug-likeness (QED) is 0.207. The molecule has 43 heavy (non-hydrogen) atoms. The van der Waals surface area contributed by atoms with Gasteiger partial charge >= 0.3 is 0 Å². The maximum Gasteiger partial charge on any atom is 0.252 e. The molecule has 3 aromatic heterocycles. The van der Waals surface area contributed by atoms with Gasteiger partial charge in [-0.05, 0) is 77.6 Å². The maximum atomic E-state index is 10.0. The van der Waals surface area contributed by atoms with E-state index in [1.54, 1.807) is 45.0 Å². The number of nitrogens with zero attached hydrogens (tertiary/aromatic N) is 4. The predicted octanol–water partition coefficient (Wildman–Crippen LogP) is 9.74. The number of rotatable bonds is 4. The molecule has 6 nitrogen and oxygen atoms in total. The standard InChI is InChI=1S/C37H36N4O2/c1-21-16-23(18-36(3,4)5)12-14-25(21)29-17-30(39-20-22(29)2)28-11-9-10-26-27-15-13-24(19-38)31(33(27)42-32(26)28)34-40-41-35(43-34)37(6,7)8/h9-17,20H,18H2,1-8H3/i1D3,2D3,14D,18D2. The number of nitriles is 1. The number of benzene rings is 3. The van der Waals surface area contributed by atoms with Crippen molar-refractivity contribution in [2.45, 2.75) is 67.0 Å². The van der Waals surface area contributed by atoms with Crippen molar-refractivity contribution in [3.05, 3.63) is 88.9 Å². The topological polar surface area (TPSA) is 88.7 Å². The molecular weight excluding hydrogens is 532 g/mol. The first kappa shape index (κ1) is 19.4. The van der Waals surface area contributed by atoms with E-state index in [4.69, 9.17) is 21.2 Å². The van der Waals surface area contributed by atoms with Gasteiger partial charge in [0.05, 0.1) is 18.2 Å². The number of furan rings is 1. The van der Waals surface area contributed by atoms with Crippen molar-refractivity contribution in [1.29, 1.82) is 5.26 Å². The van der Waals surface area contributed by atoms with Crippen molar-refractivity contribution in [2.24, 2.45) is 5.41 Å². The van der Waals surface area contributed by atoms with Gasteiger partial charge in [-0.25, -0.2) is 0 Å². The van der Waals surface area contributed by atoms with Gasteiger partial charge in [0, 0.05) is 38.9 Å². The van der Waals surface area contributed by atoms with Gasteiger partial charge in [-0.3, -0.25) is 4.98 Å². The molecule has 0 N–H and O–H groups in total. The number of aryl methyl sites for hydroxylation is 2. The lowest BCUT2D eigenvalue weighted by Gasteiger charge is -2.19. The Bertz CT molecular complexity index is 2420. The van der Waals surface area contributed by atoms with Crippen LogP contribution in [0.5, 0.6) is 0 Å². The van der Waals surface area contributed by atoms with E-state index in [-0.39, 0.29) is 51.0 Å². The Labute approximate surface area is 265 Å². The first-order chi connectivity index (χ1) is 23.9. The Kier molecular flexibility index (Phi) is 4.61. The summed E-state index contributed by atoms with van der Waals surface area (Å²) in [5.74, 6) is 0.480. The molecule has 0 amide bonds. The van der Waals surface area contributed by atoms with Gasteiger partial charge in [-0.2, -0.15) is 5.26 Å². The molecule has 0 aliphatic carbocycles. The Morgan fingerprint density at radius 1 is 0.884 bits per heavy atom. The molecule has 0 saturated heterocycles. The minimum Gasteiger partial charge on any atom is -0.454 e. The van der Waals surface area contributed by atoms with Crippen LogP contribution in [0, 0.1) is 30.4 Å². The van der Waals surface area contributed by atoms with Crippen molar-refractivity contribution < 1.29 is 21.2 Å². The summed E-state index contributed by atoms with van der Waals surface area (Å²) >= 11 is 0. The Balaban J connectivity index is 1.63. The van der Waals surface area contributed by atoms with Gasteiger partial charge in [0.1, 0.15) is 17.2 Å². The van der Waals surface area contributed by atoms with Gasteiger partial charge in [-0.1, -0.05) is 71.9 Å². The van der Waals surface area contributed by atoms with Gasteiger partial charge < -0.3 is 8.83 Å². The fourth-order valence-corrected chi connectivity index (χ4v) is 5.03. The van der Waals surface area contributed by atoms with Crippen LogP contribution in [0.4, 0.5) is 0 Å². The Hall–Kier alpha value is -4.76. The van der Waals surface area contributed by atoms with E-state index in [2.05, 4.69) is 21.3 Å². The summed E-state index contributed by atoms with van der Waals surface area (Å²) < 4.78 is 89.3. The third kappa shape index (κ3) is 5.21. The van der Waals surface area contributed by atoms with Crippen molar-refractivity contribution in [3.63, 3.8) is 0 Å². The van der Waals surface area contributed by atoms with Crippen LogP contribution < -0.4 is 0 Å². The van der Waals surface area contributed by atoms with E-state index < -0.39 is 30.9 Å². The fraction of sp³-hybridized carbons (Fsp3) is 0.297. The van der Waals surface area contributed by atoms with Gasteiger partial charge in [0.25, 0.3) is 5.89 Å². The summed E-state index contributed by atoms with van der Waals surface area (Å²) in [7, 11) is 0. The molecule has 6 rings (SSSR count). The summed E-state index contributed by atoms with van der Waals surface area (Å²) in [6.45, 7) is 5.21. The van der Waals surface area contributed by atoms with Crippen molar-refractivity contribution >= 4 is 21.9 Å². The zero-order valence-electron chi connectivity index (χ0n) is 33.8. The van der Waals surface area contributed by atoms with Crippen LogP contribution in [0.25, 0.3) is 55.8 Å². The van der Waals surface area contributed by atoms with Crippen LogP contribution in [0.3, 0.4) is 0 Å². The molecule has 0 spiro atoms. The molecule has 6 aromatic rings. The number of para-hydroxylation sites is 1. The average molecular weight is 578 g/mol. The highest BCUT2D eigenvalue weighted by atomic mass is 16.4. The average Bonchev–Trinajstić information content (AvgIpc) is 3.68. The smallest absolute Gasteiger partial charge is 0.252 e. The highest BCUT2D eigenvalue weighted by Gasteiger charge is 2.26. The monoisotopic (exact) mass is 577 g/mol. The SMILES string of the molecule is [2H]c1cc(C([2H])([2H])C(C)(C)C)cc(C([2H])([2H])[2H])c1-c1cc(-c2cccc3c2oc2c(-c4nnc(C(C)(C)C)o4)c(C#N)ccc23)ncc1C([2H])([2H])[2H]. The van der Waals surface area contributed by atoms with Crippen LogP contribution >= 0.6 is 0 Å². The fourth-order valence-electron chi connectivity index (χ4n) is 5.03. The van der Waals surface area contributed by atoms with Crippen molar-refractivity contribution in [3.8, 4) is 39.9 Å². The summed E-state index contributed by atoms with van der Waals surface area (Å²) in [6, 6.07) is 14.4. The maximum absolute atomic E-state index is 10.0. The largest absolute Gasteiger partial charge is 0.454 e. The number of fused-ring (bicyclic) bond motifs is 3. The molecule has 0 unspecified atom stereocenters. The lowest BCUT2D eigenvalue weighted by Crippen LogP contribution is -2.11. The lowest BCUT2D eigenvalue weighted by molar-refractivity contribution is 0.399. The molecule has 0 radical (unpaired) electrons. The Morgan fingerprint density at radius 3 is 2.37 bits per heavy atom. The molecule has 0 aliphatic heterocycles.